The van der Waals surface area contributed by atoms with Crippen LogP contribution >= 0.6 is 0 Å². The van der Waals surface area contributed by atoms with Crippen LogP contribution in [0.3, 0.4) is 0 Å². The van der Waals surface area contributed by atoms with Gasteiger partial charge in [-0.05, 0) is 20.8 Å². The number of hydrogen-bond donors (Lipinski definition) is 0. The lowest BCUT2D eigenvalue weighted by atomic mass is 10.2. The van der Waals surface area contributed by atoms with E-state index in [9.17, 15) is 4.79 Å². The molecule has 0 bridgehead atoms. The van der Waals surface area contributed by atoms with E-state index in [1.807, 2.05) is 0 Å². The van der Waals surface area contributed by atoms with E-state index in [1.54, 1.807) is 20.8 Å². The molecule has 3 nitrogen and oxygen atoms in total. The first-order valence-corrected chi connectivity index (χ1v) is 3.90. The molecule has 1 amide bonds. The van der Waals surface area contributed by atoms with Crippen LogP contribution in [0.15, 0.2) is 12.3 Å². The van der Waals surface area contributed by atoms with Gasteiger partial charge in [0.2, 0.25) is 0 Å². The van der Waals surface area contributed by atoms with Crippen LogP contribution in [0.4, 0.5) is 4.79 Å². The summed E-state index contributed by atoms with van der Waals surface area (Å²) < 4.78 is 5.05. The van der Waals surface area contributed by atoms with Gasteiger partial charge < -0.3 is 4.74 Å². The van der Waals surface area contributed by atoms with Gasteiger partial charge in [-0.15, -0.1) is 6.42 Å². The number of amides is 1. The van der Waals surface area contributed by atoms with Gasteiger partial charge in [0.1, 0.15) is 5.60 Å². The van der Waals surface area contributed by atoms with Crippen molar-refractivity contribution in [2.45, 2.75) is 26.4 Å². The third-order valence-corrected chi connectivity index (χ3v) is 1.24. The minimum atomic E-state index is -0.514. The minimum Gasteiger partial charge on any atom is -0.443 e. The molecule has 0 aromatic rings. The SMILES string of the molecule is C#CC(=C)N(C)C(=O)OC(C)(C)C. The van der Waals surface area contributed by atoms with E-state index in [-0.39, 0.29) is 5.70 Å². The maximum Gasteiger partial charge on any atom is 0.415 e. The highest BCUT2D eigenvalue weighted by Crippen LogP contribution is 2.10. The van der Waals surface area contributed by atoms with Crippen LogP contribution in [0.5, 0.6) is 0 Å². The Morgan fingerprint density at radius 3 is 2.31 bits per heavy atom. The van der Waals surface area contributed by atoms with Gasteiger partial charge in [-0.25, -0.2) is 4.79 Å². The molecule has 0 rings (SSSR count). The van der Waals surface area contributed by atoms with Crippen LogP contribution in [0, 0.1) is 12.3 Å². The molecule has 13 heavy (non-hydrogen) atoms. The van der Waals surface area contributed by atoms with E-state index in [4.69, 9.17) is 11.2 Å². The summed E-state index contributed by atoms with van der Waals surface area (Å²) in [5.74, 6) is 2.26. The Morgan fingerprint density at radius 1 is 1.54 bits per heavy atom. The minimum absolute atomic E-state index is 0.286. The standard InChI is InChI=1S/C10H15NO2/c1-7-8(2)11(6)9(12)13-10(3,4)5/h1H,2H2,3-6H3. The maximum atomic E-state index is 11.3. The first-order valence-electron chi connectivity index (χ1n) is 3.90. The molecule has 0 saturated carbocycles. The van der Waals surface area contributed by atoms with Gasteiger partial charge in [0.25, 0.3) is 0 Å². The summed E-state index contributed by atoms with van der Waals surface area (Å²) in [4.78, 5) is 12.5. The summed E-state index contributed by atoms with van der Waals surface area (Å²) in [5, 5.41) is 0. The molecular weight excluding hydrogens is 166 g/mol. The first kappa shape index (κ1) is 11.6. The first-order chi connectivity index (χ1) is 5.78. The van der Waals surface area contributed by atoms with Crippen LogP contribution in [0.1, 0.15) is 20.8 Å². The molecule has 0 radical (unpaired) electrons. The number of allylic oxidation sites excluding steroid dienone is 1. The zero-order valence-corrected chi connectivity index (χ0v) is 8.55. The van der Waals surface area contributed by atoms with Crippen molar-refractivity contribution >= 4 is 6.09 Å². The number of ether oxygens (including phenoxy) is 1. The van der Waals surface area contributed by atoms with Gasteiger partial charge in [0.05, 0.1) is 5.70 Å². The van der Waals surface area contributed by atoms with Crippen LogP contribution in [-0.4, -0.2) is 23.6 Å². The monoisotopic (exact) mass is 181 g/mol. The summed E-state index contributed by atoms with van der Waals surface area (Å²) in [6.07, 6.45) is 4.59. The van der Waals surface area contributed by atoms with Crippen molar-refractivity contribution in [1.82, 2.24) is 4.90 Å². The third-order valence-electron chi connectivity index (χ3n) is 1.24. The molecule has 0 atom stereocenters. The Bertz CT molecular complexity index is 255. The van der Waals surface area contributed by atoms with E-state index < -0.39 is 11.7 Å². The molecule has 0 aliphatic heterocycles. The molecule has 0 unspecified atom stereocenters. The van der Waals surface area contributed by atoms with Gasteiger partial charge in [0, 0.05) is 7.05 Å². The molecule has 72 valence electrons. The Balaban J connectivity index is 4.31. The quantitative estimate of drug-likeness (QED) is 0.579. The molecule has 3 heteroatoms. The van der Waals surface area contributed by atoms with Crippen LogP contribution in [-0.2, 0) is 4.74 Å². The van der Waals surface area contributed by atoms with Gasteiger partial charge in [0.15, 0.2) is 0 Å². The fraction of sp³-hybridized carbons (Fsp3) is 0.500. The number of nitrogens with zero attached hydrogens (tertiary/aromatic N) is 1. The summed E-state index contributed by atoms with van der Waals surface area (Å²) in [6, 6.07) is 0. The molecule has 0 aromatic carbocycles. The highest BCUT2D eigenvalue weighted by Gasteiger charge is 2.20. The van der Waals surface area contributed by atoms with Crippen LogP contribution in [0.2, 0.25) is 0 Å². The average molecular weight is 181 g/mol. The van der Waals surface area contributed by atoms with Gasteiger partial charge in [-0.3, -0.25) is 4.90 Å². The number of hydrogen-bond acceptors (Lipinski definition) is 2. The van der Waals surface area contributed by atoms with E-state index in [1.165, 1.54) is 11.9 Å². The Morgan fingerprint density at radius 2 is 2.00 bits per heavy atom. The number of carbonyl (C=O) groups is 1. The predicted octanol–water partition coefficient (Wildman–Crippen LogP) is 2.00. The van der Waals surface area contributed by atoms with Gasteiger partial charge in [-0.2, -0.15) is 0 Å². The van der Waals surface area contributed by atoms with Crippen LogP contribution < -0.4 is 0 Å². The predicted molar refractivity (Wildman–Crippen MR) is 52.0 cm³/mol. The third kappa shape index (κ3) is 4.22. The second kappa shape index (κ2) is 3.99. The highest BCUT2D eigenvalue weighted by molar-refractivity contribution is 5.71. The molecule has 0 spiro atoms. The molecule has 0 aliphatic carbocycles. The molecule has 0 aliphatic rings. The Hall–Kier alpha value is -1.43. The van der Waals surface area contributed by atoms with Crippen molar-refractivity contribution < 1.29 is 9.53 Å². The second-order valence-electron chi connectivity index (χ2n) is 3.63. The summed E-state index contributed by atoms with van der Waals surface area (Å²) in [6.45, 7) is 8.88. The molecule has 0 heterocycles. The van der Waals surface area contributed by atoms with E-state index in [0.29, 0.717) is 0 Å². The number of terminal acetylenes is 1. The summed E-state index contributed by atoms with van der Waals surface area (Å²) in [7, 11) is 1.52. The lowest BCUT2D eigenvalue weighted by molar-refractivity contribution is 0.0361. The Kier molecular flexibility index (Phi) is 3.55. The highest BCUT2D eigenvalue weighted by atomic mass is 16.6. The van der Waals surface area contributed by atoms with Crippen molar-refractivity contribution in [2.24, 2.45) is 0 Å². The normalized spacial score (nSPS) is 10.1. The van der Waals surface area contributed by atoms with Crippen molar-refractivity contribution in [2.75, 3.05) is 7.05 Å². The number of carbonyl (C=O) groups excluding carboxylic acids is 1. The van der Waals surface area contributed by atoms with Crippen LogP contribution in [0.25, 0.3) is 0 Å². The molecule has 0 N–H and O–H groups in total. The largest absolute Gasteiger partial charge is 0.443 e. The lowest BCUT2D eigenvalue weighted by Gasteiger charge is -2.23. The maximum absolute atomic E-state index is 11.3. The fourth-order valence-corrected chi connectivity index (χ4v) is 0.537. The Labute approximate surface area is 79.4 Å². The zero-order valence-electron chi connectivity index (χ0n) is 8.55. The molecule has 0 fully saturated rings. The van der Waals surface area contributed by atoms with Gasteiger partial charge in [-0.1, -0.05) is 12.5 Å². The molecule has 0 saturated heterocycles. The summed E-state index contributed by atoms with van der Waals surface area (Å²) >= 11 is 0. The molecule has 0 aromatic heterocycles. The van der Waals surface area contributed by atoms with E-state index in [0.717, 1.165) is 0 Å². The van der Waals surface area contributed by atoms with Crippen molar-refractivity contribution in [3.05, 3.63) is 12.3 Å². The number of rotatable bonds is 1. The topological polar surface area (TPSA) is 29.5 Å². The average Bonchev–Trinajstić information content (AvgIpc) is 1.98. The summed E-state index contributed by atoms with van der Waals surface area (Å²) in [5.41, 5.74) is -0.227. The van der Waals surface area contributed by atoms with Crippen molar-refractivity contribution in [3.63, 3.8) is 0 Å². The van der Waals surface area contributed by atoms with Crippen molar-refractivity contribution in [1.29, 1.82) is 0 Å². The van der Waals surface area contributed by atoms with E-state index in [2.05, 4.69) is 12.5 Å². The fourth-order valence-electron chi connectivity index (χ4n) is 0.537. The van der Waals surface area contributed by atoms with Crippen molar-refractivity contribution in [3.8, 4) is 12.3 Å². The second-order valence-corrected chi connectivity index (χ2v) is 3.63. The smallest absolute Gasteiger partial charge is 0.415 e. The van der Waals surface area contributed by atoms with Gasteiger partial charge >= 0.3 is 6.09 Å². The lowest BCUT2D eigenvalue weighted by Crippen LogP contribution is -2.33. The zero-order chi connectivity index (χ0) is 10.6. The van der Waals surface area contributed by atoms with E-state index >= 15 is 0 Å². The molecular formula is C10H15NO2.